The molecule has 0 aliphatic carbocycles. The smallest absolute Gasteiger partial charge is 0.257 e. The maximum atomic E-state index is 12.8. The molecule has 2 aromatic carbocycles. The summed E-state index contributed by atoms with van der Waals surface area (Å²) in [4.78, 5) is 23.3. The van der Waals surface area contributed by atoms with E-state index in [1.54, 1.807) is 56.7 Å². The van der Waals surface area contributed by atoms with Gasteiger partial charge < -0.3 is 29.2 Å². The molecule has 3 aromatic rings. The van der Waals surface area contributed by atoms with Crippen LogP contribution in [0, 0.1) is 0 Å². The molecule has 33 heavy (non-hydrogen) atoms. The summed E-state index contributed by atoms with van der Waals surface area (Å²) in [5.41, 5.74) is 1.12. The molecule has 0 unspecified atom stereocenters. The summed E-state index contributed by atoms with van der Waals surface area (Å²) in [7, 11) is 4.63. The van der Waals surface area contributed by atoms with E-state index in [9.17, 15) is 4.79 Å². The number of likely N-dealkylation sites (tertiary alicyclic amines) is 1. The first-order valence-electron chi connectivity index (χ1n) is 10.2. The minimum atomic E-state index is -0.0576. The number of aromatic nitrogens is 2. The molecule has 1 aliphatic heterocycles. The lowest BCUT2D eigenvalue weighted by Crippen LogP contribution is -2.42. The van der Waals surface area contributed by atoms with Crippen molar-refractivity contribution in [2.75, 3.05) is 39.7 Å². The Bertz CT molecular complexity index is 1140. The second kappa shape index (κ2) is 9.95. The summed E-state index contributed by atoms with van der Waals surface area (Å²) in [6, 6.07) is 10.6. The number of hydrogen-bond donors (Lipinski definition) is 1. The highest BCUT2D eigenvalue weighted by molar-refractivity contribution is 9.10. The Morgan fingerprint density at radius 1 is 1.03 bits per heavy atom. The number of benzene rings is 2. The molecular weight excluding hydrogens is 492 g/mol. The second-order valence-electron chi connectivity index (χ2n) is 7.13. The largest absolute Gasteiger partial charge is 0.493 e. The Hall–Kier alpha value is -3.53. The highest BCUT2D eigenvalue weighted by Gasteiger charge is 2.25. The molecule has 1 saturated heterocycles. The van der Waals surface area contributed by atoms with E-state index in [0.29, 0.717) is 38.7 Å². The number of nitrogens with one attached hydrogen (secondary N) is 1. The van der Waals surface area contributed by atoms with Gasteiger partial charge >= 0.3 is 0 Å². The number of methoxy groups -OCH3 is 3. The van der Waals surface area contributed by atoms with Gasteiger partial charge in [-0.2, -0.15) is 4.98 Å². The average Bonchev–Trinajstić information content (AvgIpc) is 2.79. The number of carbonyl (C=O) groups is 1. The third-order valence-electron chi connectivity index (χ3n) is 5.10. The normalized spacial score (nSPS) is 12.5. The Balaban J connectivity index is 1.61. The van der Waals surface area contributed by atoms with Crippen molar-refractivity contribution in [1.29, 1.82) is 0 Å². The van der Waals surface area contributed by atoms with E-state index < -0.39 is 0 Å². The van der Waals surface area contributed by atoms with Crippen LogP contribution in [0.25, 0.3) is 0 Å². The topological polar surface area (TPSA) is 95.0 Å². The fourth-order valence-corrected chi connectivity index (χ4v) is 3.56. The van der Waals surface area contributed by atoms with Gasteiger partial charge in [-0.05, 0) is 34.5 Å². The number of hydrogen-bond acceptors (Lipinski definition) is 8. The van der Waals surface area contributed by atoms with Crippen molar-refractivity contribution >= 4 is 33.5 Å². The van der Waals surface area contributed by atoms with Gasteiger partial charge in [-0.15, -0.1) is 0 Å². The molecule has 1 aromatic heterocycles. The first-order valence-corrected chi connectivity index (χ1v) is 11.0. The SMILES string of the molecule is COc1cc(Nc2ncc(Br)c(Oc3ccccc3C(=O)N3CCC3)n2)cc(OC)c1OC. The van der Waals surface area contributed by atoms with Crippen LogP contribution >= 0.6 is 15.9 Å². The van der Waals surface area contributed by atoms with Crippen LogP contribution in [0.3, 0.4) is 0 Å². The average molecular weight is 515 g/mol. The Morgan fingerprint density at radius 2 is 1.73 bits per heavy atom. The van der Waals surface area contributed by atoms with E-state index in [4.69, 9.17) is 18.9 Å². The van der Waals surface area contributed by atoms with E-state index >= 15 is 0 Å². The zero-order chi connectivity index (χ0) is 23.4. The molecule has 1 amide bonds. The molecule has 0 spiro atoms. The fourth-order valence-electron chi connectivity index (χ4n) is 3.29. The van der Waals surface area contributed by atoms with Crippen molar-refractivity contribution in [2.45, 2.75) is 6.42 Å². The van der Waals surface area contributed by atoms with Crippen LogP contribution in [-0.2, 0) is 0 Å². The summed E-state index contributed by atoms with van der Waals surface area (Å²) < 4.78 is 22.7. The predicted molar refractivity (Wildman–Crippen MR) is 126 cm³/mol. The van der Waals surface area contributed by atoms with Crippen LogP contribution in [0.1, 0.15) is 16.8 Å². The van der Waals surface area contributed by atoms with Crippen molar-refractivity contribution < 1.29 is 23.7 Å². The second-order valence-corrected chi connectivity index (χ2v) is 7.98. The monoisotopic (exact) mass is 514 g/mol. The van der Waals surface area contributed by atoms with Gasteiger partial charge in [0.25, 0.3) is 5.91 Å². The Morgan fingerprint density at radius 3 is 2.33 bits per heavy atom. The molecule has 172 valence electrons. The van der Waals surface area contributed by atoms with Crippen molar-refractivity contribution in [3.8, 4) is 28.9 Å². The molecule has 10 heteroatoms. The van der Waals surface area contributed by atoms with Gasteiger partial charge in [-0.25, -0.2) is 4.98 Å². The van der Waals surface area contributed by atoms with Crippen molar-refractivity contribution in [2.24, 2.45) is 0 Å². The number of rotatable bonds is 8. The third kappa shape index (κ3) is 4.80. The van der Waals surface area contributed by atoms with Crippen LogP contribution in [0.2, 0.25) is 0 Å². The highest BCUT2D eigenvalue weighted by Crippen LogP contribution is 2.40. The highest BCUT2D eigenvalue weighted by atomic mass is 79.9. The summed E-state index contributed by atoms with van der Waals surface area (Å²) in [5, 5.41) is 3.12. The number of anilines is 2. The van der Waals surface area contributed by atoms with Gasteiger partial charge in [0.1, 0.15) is 5.75 Å². The van der Waals surface area contributed by atoms with Crippen LogP contribution in [-0.4, -0.2) is 55.2 Å². The maximum absolute atomic E-state index is 12.8. The lowest BCUT2D eigenvalue weighted by Gasteiger charge is -2.31. The fraction of sp³-hybridized carbons (Fsp3) is 0.261. The van der Waals surface area contributed by atoms with E-state index in [-0.39, 0.29) is 17.7 Å². The van der Waals surface area contributed by atoms with E-state index in [1.165, 1.54) is 0 Å². The number of para-hydroxylation sites is 1. The summed E-state index contributed by atoms with van der Waals surface area (Å²) in [6.45, 7) is 1.51. The molecule has 1 N–H and O–H groups in total. The first-order chi connectivity index (χ1) is 16.0. The molecule has 0 saturated carbocycles. The third-order valence-corrected chi connectivity index (χ3v) is 5.64. The standard InChI is InChI=1S/C23H23BrN4O5/c1-30-18-11-14(12-19(31-2)20(18)32-3)26-23-25-13-16(24)21(27-23)33-17-8-5-4-7-15(17)22(29)28-9-6-10-28/h4-5,7-8,11-13H,6,9-10H2,1-3H3,(H,25,26,27). The maximum Gasteiger partial charge on any atom is 0.257 e. The minimum Gasteiger partial charge on any atom is -0.493 e. The Labute approximate surface area is 199 Å². The number of carbonyl (C=O) groups excluding carboxylic acids is 1. The van der Waals surface area contributed by atoms with Gasteiger partial charge in [-0.1, -0.05) is 12.1 Å². The van der Waals surface area contributed by atoms with E-state index in [1.807, 2.05) is 12.1 Å². The number of halogens is 1. The molecule has 0 radical (unpaired) electrons. The lowest BCUT2D eigenvalue weighted by atomic mass is 10.1. The van der Waals surface area contributed by atoms with Gasteiger partial charge in [0, 0.05) is 30.9 Å². The molecule has 1 fully saturated rings. The molecule has 1 aliphatic rings. The van der Waals surface area contributed by atoms with E-state index in [0.717, 1.165) is 19.5 Å². The molecule has 0 bridgehead atoms. The number of amides is 1. The van der Waals surface area contributed by atoms with Crippen LogP contribution < -0.4 is 24.3 Å². The predicted octanol–water partition coefficient (Wildman–Crippen LogP) is 4.65. The van der Waals surface area contributed by atoms with Gasteiger partial charge in [0.15, 0.2) is 11.5 Å². The quantitative estimate of drug-likeness (QED) is 0.464. The van der Waals surface area contributed by atoms with Crippen molar-refractivity contribution in [3.05, 3.63) is 52.6 Å². The zero-order valence-corrected chi connectivity index (χ0v) is 20.0. The molecule has 2 heterocycles. The van der Waals surface area contributed by atoms with E-state index in [2.05, 4.69) is 31.2 Å². The summed E-state index contributed by atoms with van der Waals surface area (Å²) in [5.74, 6) is 2.38. The minimum absolute atomic E-state index is 0.0576. The van der Waals surface area contributed by atoms with Gasteiger partial charge in [0.05, 0.1) is 37.6 Å². The molecule has 9 nitrogen and oxygen atoms in total. The Kier molecular flexibility index (Phi) is 6.83. The summed E-state index contributed by atoms with van der Waals surface area (Å²) >= 11 is 3.42. The molecule has 4 rings (SSSR count). The van der Waals surface area contributed by atoms with Crippen molar-refractivity contribution in [3.63, 3.8) is 0 Å². The lowest BCUT2D eigenvalue weighted by molar-refractivity contribution is 0.0649. The van der Waals surface area contributed by atoms with Crippen LogP contribution in [0.4, 0.5) is 11.6 Å². The first kappa shape index (κ1) is 22.7. The molecule has 0 atom stereocenters. The zero-order valence-electron chi connectivity index (χ0n) is 18.4. The van der Waals surface area contributed by atoms with Crippen LogP contribution in [0.5, 0.6) is 28.9 Å². The van der Waals surface area contributed by atoms with Crippen LogP contribution in [0.15, 0.2) is 47.1 Å². The number of nitrogens with zero attached hydrogens (tertiary/aromatic N) is 3. The van der Waals surface area contributed by atoms with Gasteiger partial charge in [-0.3, -0.25) is 4.79 Å². The van der Waals surface area contributed by atoms with Gasteiger partial charge in [0.2, 0.25) is 17.6 Å². The summed E-state index contributed by atoms with van der Waals surface area (Å²) in [6.07, 6.45) is 2.59. The number of ether oxygens (including phenoxy) is 4. The molecular formula is C23H23BrN4O5. The van der Waals surface area contributed by atoms with Crippen molar-refractivity contribution in [1.82, 2.24) is 14.9 Å².